The molecule has 3 rings (SSSR count). The van der Waals surface area contributed by atoms with E-state index in [0.29, 0.717) is 6.54 Å². The van der Waals surface area contributed by atoms with Crippen LogP contribution in [0.15, 0.2) is 46.1 Å². The van der Waals surface area contributed by atoms with Crippen LogP contribution in [0, 0.1) is 0 Å². The second-order valence-electron chi connectivity index (χ2n) is 6.12. The van der Waals surface area contributed by atoms with Crippen LogP contribution >= 0.6 is 11.3 Å². The molecule has 0 aliphatic carbocycles. The molecule has 138 valence electrons. The van der Waals surface area contributed by atoms with Gasteiger partial charge in [-0.25, -0.2) is 0 Å². The molecule has 1 amide bonds. The van der Waals surface area contributed by atoms with Crippen molar-refractivity contribution < 1.29 is 9.53 Å². The molecule has 6 nitrogen and oxygen atoms in total. The van der Waals surface area contributed by atoms with E-state index in [-0.39, 0.29) is 12.5 Å². The molecule has 2 heterocycles. The zero-order valence-electron chi connectivity index (χ0n) is 15.1. The maximum absolute atomic E-state index is 12.2. The molecule has 1 aliphatic rings. The summed E-state index contributed by atoms with van der Waals surface area (Å²) in [6.07, 6.45) is 0.825. The highest BCUT2D eigenvalue weighted by molar-refractivity contribution is 7.07. The monoisotopic (exact) mass is 372 g/mol. The lowest BCUT2D eigenvalue weighted by molar-refractivity contribution is -0.121. The summed E-state index contributed by atoms with van der Waals surface area (Å²) < 4.78 is 5.48. The van der Waals surface area contributed by atoms with E-state index < -0.39 is 0 Å². The minimum Gasteiger partial charge on any atom is -0.482 e. The number of ether oxygens (including phenoxy) is 1. The van der Waals surface area contributed by atoms with Crippen LogP contribution in [0.3, 0.4) is 0 Å². The van der Waals surface area contributed by atoms with Gasteiger partial charge in [0.05, 0.1) is 5.69 Å². The number of aliphatic imine (C=N–C) groups is 1. The molecule has 0 fully saturated rings. The number of guanidine groups is 1. The highest BCUT2D eigenvalue weighted by atomic mass is 32.1. The summed E-state index contributed by atoms with van der Waals surface area (Å²) in [5, 5.41) is 7.59. The summed E-state index contributed by atoms with van der Waals surface area (Å²) in [5.74, 6) is 1.62. The van der Waals surface area contributed by atoms with Crippen molar-refractivity contribution >= 4 is 28.9 Å². The number of benzene rings is 1. The number of hydrogen-bond acceptors (Lipinski definition) is 4. The SMILES string of the molecule is CN=C(NCCCN1C(=O)COc2ccccc21)N(C)Cc1ccsc1. The zero-order valence-corrected chi connectivity index (χ0v) is 16.0. The molecule has 7 heteroatoms. The number of thiophene rings is 1. The fourth-order valence-corrected chi connectivity index (χ4v) is 3.61. The summed E-state index contributed by atoms with van der Waals surface area (Å²) >= 11 is 1.70. The van der Waals surface area contributed by atoms with Gasteiger partial charge in [0.25, 0.3) is 5.91 Å². The Morgan fingerprint density at radius 1 is 1.38 bits per heavy atom. The number of anilines is 1. The van der Waals surface area contributed by atoms with E-state index in [1.807, 2.05) is 31.3 Å². The van der Waals surface area contributed by atoms with Crippen molar-refractivity contribution in [2.24, 2.45) is 4.99 Å². The fourth-order valence-electron chi connectivity index (χ4n) is 2.95. The van der Waals surface area contributed by atoms with E-state index in [9.17, 15) is 4.79 Å². The number of para-hydroxylation sites is 2. The normalized spacial score (nSPS) is 14.0. The zero-order chi connectivity index (χ0) is 18.4. The van der Waals surface area contributed by atoms with Gasteiger partial charge >= 0.3 is 0 Å². The first-order valence-corrected chi connectivity index (χ1v) is 9.58. The lowest BCUT2D eigenvalue weighted by atomic mass is 10.2. The molecular formula is C19H24N4O2S. The molecule has 0 saturated heterocycles. The van der Waals surface area contributed by atoms with Crippen molar-refractivity contribution in [2.45, 2.75) is 13.0 Å². The first-order chi connectivity index (χ1) is 12.7. The molecule has 0 radical (unpaired) electrons. The maximum Gasteiger partial charge on any atom is 0.265 e. The average molecular weight is 372 g/mol. The van der Waals surface area contributed by atoms with E-state index in [4.69, 9.17) is 4.74 Å². The largest absolute Gasteiger partial charge is 0.482 e. The van der Waals surface area contributed by atoms with Crippen molar-refractivity contribution in [1.82, 2.24) is 10.2 Å². The van der Waals surface area contributed by atoms with Crippen LogP contribution in [0.5, 0.6) is 5.75 Å². The quantitative estimate of drug-likeness (QED) is 0.481. The number of carbonyl (C=O) groups excluding carboxylic acids is 1. The van der Waals surface area contributed by atoms with Crippen LogP contribution in [0.1, 0.15) is 12.0 Å². The van der Waals surface area contributed by atoms with Crippen molar-refractivity contribution in [3.05, 3.63) is 46.7 Å². The van der Waals surface area contributed by atoms with Crippen LogP contribution in [0.2, 0.25) is 0 Å². The predicted molar refractivity (Wildman–Crippen MR) is 106 cm³/mol. The Bertz CT molecular complexity index is 761. The number of nitrogens with zero attached hydrogens (tertiary/aromatic N) is 3. The fraction of sp³-hybridized carbons (Fsp3) is 0.368. The minimum absolute atomic E-state index is 0.00246. The van der Waals surface area contributed by atoms with Crippen molar-refractivity contribution in [3.8, 4) is 5.75 Å². The summed E-state index contributed by atoms with van der Waals surface area (Å²) in [6, 6.07) is 9.78. The Morgan fingerprint density at radius 2 is 2.23 bits per heavy atom. The predicted octanol–water partition coefficient (Wildman–Crippen LogP) is 2.57. The van der Waals surface area contributed by atoms with Crippen LogP contribution in [-0.2, 0) is 11.3 Å². The van der Waals surface area contributed by atoms with Gasteiger partial charge in [0.15, 0.2) is 12.6 Å². The molecule has 0 unspecified atom stereocenters. The molecule has 1 aromatic carbocycles. The molecule has 2 aromatic rings. The third-order valence-corrected chi connectivity index (χ3v) is 4.96. The molecule has 1 N–H and O–H groups in total. The Balaban J connectivity index is 1.49. The number of hydrogen-bond donors (Lipinski definition) is 1. The summed E-state index contributed by atoms with van der Waals surface area (Å²) in [4.78, 5) is 20.4. The molecule has 26 heavy (non-hydrogen) atoms. The van der Waals surface area contributed by atoms with Gasteiger partial charge in [0, 0.05) is 33.7 Å². The second kappa shape index (κ2) is 8.71. The first kappa shape index (κ1) is 18.3. The lowest BCUT2D eigenvalue weighted by Gasteiger charge is -2.29. The van der Waals surface area contributed by atoms with Crippen LogP contribution in [-0.4, -0.2) is 50.6 Å². The Hall–Kier alpha value is -2.54. The Kier molecular flexibility index (Phi) is 6.12. The van der Waals surface area contributed by atoms with Crippen molar-refractivity contribution in [1.29, 1.82) is 0 Å². The number of nitrogens with one attached hydrogen (secondary N) is 1. The topological polar surface area (TPSA) is 57.2 Å². The number of amides is 1. The van der Waals surface area contributed by atoms with Gasteiger partial charge in [0.2, 0.25) is 0 Å². The van der Waals surface area contributed by atoms with Gasteiger partial charge < -0.3 is 19.9 Å². The average Bonchev–Trinajstić information content (AvgIpc) is 3.16. The highest BCUT2D eigenvalue weighted by Gasteiger charge is 2.24. The summed E-state index contributed by atoms with van der Waals surface area (Å²) in [7, 11) is 3.81. The lowest BCUT2D eigenvalue weighted by Crippen LogP contribution is -2.42. The molecule has 0 spiro atoms. The Labute approximate surface area is 158 Å². The van der Waals surface area contributed by atoms with Gasteiger partial charge in [-0.05, 0) is 40.9 Å². The maximum atomic E-state index is 12.2. The van der Waals surface area contributed by atoms with Crippen LogP contribution in [0.4, 0.5) is 5.69 Å². The second-order valence-corrected chi connectivity index (χ2v) is 6.90. The van der Waals surface area contributed by atoms with E-state index in [0.717, 1.165) is 36.9 Å². The van der Waals surface area contributed by atoms with E-state index in [1.165, 1.54) is 5.56 Å². The van der Waals surface area contributed by atoms with Crippen LogP contribution < -0.4 is 15.0 Å². The highest BCUT2D eigenvalue weighted by Crippen LogP contribution is 2.31. The third kappa shape index (κ3) is 4.35. The number of carbonyl (C=O) groups is 1. The number of fused-ring (bicyclic) bond motifs is 1. The van der Waals surface area contributed by atoms with Gasteiger partial charge in [0.1, 0.15) is 5.75 Å². The summed E-state index contributed by atoms with van der Waals surface area (Å²) in [6.45, 7) is 2.32. The number of rotatable bonds is 6. The standard InChI is InChI=1S/C19H24N4O2S/c1-20-19(22(2)12-15-8-11-26-14-15)21-9-5-10-23-16-6-3-4-7-17(16)25-13-18(23)24/h3-4,6-8,11,14H,5,9-10,12-13H2,1-2H3,(H,20,21). The van der Waals surface area contributed by atoms with Crippen molar-refractivity contribution in [2.75, 3.05) is 38.7 Å². The molecule has 1 aliphatic heterocycles. The molecule has 0 atom stereocenters. The van der Waals surface area contributed by atoms with Gasteiger partial charge in [-0.3, -0.25) is 9.79 Å². The van der Waals surface area contributed by atoms with E-state index in [1.54, 1.807) is 23.3 Å². The smallest absolute Gasteiger partial charge is 0.265 e. The minimum atomic E-state index is 0.00246. The van der Waals surface area contributed by atoms with Gasteiger partial charge in [-0.2, -0.15) is 11.3 Å². The van der Waals surface area contributed by atoms with Crippen LogP contribution in [0.25, 0.3) is 0 Å². The van der Waals surface area contributed by atoms with E-state index >= 15 is 0 Å². The van der Waals surface area contributed by atoms with Gasteiger partial charge in [-0.15, -0.1) is 0 Å². The first-order valence-electron chi connectivity index (χ1n) is 8.64. The summed E-state index contributed by atoms with van der Waals surface area (Å²) in [5.41, 5.74) is 2.12. The molecule has 0 saturated carbocycles. The Morgan fingerprint density at radius 3 is 3.00 bits per heavy atom. The molecule has 0 bridgehead atoms. The molecular weight excluding hydrogens is 348 g/mol. The molecule has 1 aromatic heterocycles. The van der Waals surface area contributed by atoms with Gasteiger partial charge in [-0.1, -0.05) is 12.1 Å². The van der Waals surface area contributed by atoms with E-state index in [2.05, 4.69) is 32.0 Å². The third-order valence-electron chi connectivity index (χ3n) is 4.22. The van der Waals surface area contributed by atoms with Crippen molar-refractivity contribution in [3.63, 3.8) is 0 Å².